The lowest BCUT2D eigenvalue weighted by Gasteiger charge is -2.18. The average Bonchev–Trinajstić information content (AvgIpc) is 2.52. The van der Waals surface area contributed by atoms with Crippen molar-refractivity contribution in [3.63, 3.8) is 0 Å². The van der Waals surface area contributed by atoms with Gasteiger partial charge in [-0.3, -0.25) is 0 Å². The Kier molecular flexibility index (Phi) is 4.02. The fourth-order valence-electron chi connectivity index (χ4n) is 2.06. The van der Waals surface area contributed by atoms with Crippen molar-refractivity contribution in [2.45, 2.75) is 39.2 Å². The Morgan fingerprint density at radius 2 is 2.25 bits per heavy atom. The second kappa shape index (κ2) is 4.83. The molecule has 1 heterocycles. The van der Waals surface area contributed by atoms with Crippen molar-refractivity contribution >= 4 is 0 Å². The lowest BCUT2D eigenvalue weighted by molar-refractivity contribution is 0.311. The van der Waals surface area contributed by atoms with Gasteiger partial charge in [-0.2, -0.15) is 0 Å². The first-order valence-corrected chi connectivity index (χ1v) is 5.25. The smallest absolute Gasteiger partial charge is 0.00772 e. The van der Waals surface area contributed by atoms with Gasteiger partial charge in [0.15, 0.2) is 0 Å². The first-order valence-electron chi connectivity index (χ1n) is 5.25. The fraction of sp³-hybridized carbons (Fsp3) is 1.00. The molecule has 0 aromatic carbocycles. The minimum atomic E-state index is 0.437. The summed E-state index contributed by atoms with van der Waals surface area (Å²) >= 11 is 0. The van der Waals surface area contributed by atoms with E-state index in [1.54, 1.807) is 0 Å². The predicted octanol–water partition coefficient (Wildman–Crippen LogP) is 1.46. The van der Waals surface area contributed by atoms with E-state index in [1.165, 1.54) is 32.5 Å². The van der Waals surface area contributed by atoms with Crippen LogP contribution in [0.5, 0.6) is 0 Å². The molecule has 0 aromatic heterocycles. The Bertz CT molecular complexity index is 125. The van der Waals surface area contributed by atoms with Gasteiger partial charge in [0, 0.05) is 12.6 Å². The molecular weight excluding hydrogens is 148 g/mol. The number of hydrogen-bond donors (Lipinski definition) is 1. The number of rotatable bonds is 4. The predicted molar refractivity (Wildman–Crippen MR) is 53.1 cm³/mol. The molecule has 1 aliphatic rings. The molecule has 1 rings (SSSR count). The van der Waals surface area contributed by atoms with Crippen LogP contribution in [-0.2, 0) is 0 Å². The summed E-state index contributed by atoms with van der Waals surface area (Å²) in [5.74, 6) is 0.765. The van der Waals surface area contributed by atoms with E-state index in [0.29, 0.717) is 6.04 Å². The van der Waals surface area contributed by atoms with Crippen molar-refractivity contribution in [2.75, 3.05) is 19.6 Å². The topological polar surface area (TPSA) is 29.3 Å². The minimum absolute atomic E-state index is 0.437. The van der Waals surface area contributed by atoms with Gasteiger partial charge in [-0.05, 0) is 38.3 Å². The number of hydrogen-bond acceptors (Lipinski definition) is 2. The SMILES string of the molecule is CCCN1CCC(C(N)CC)C1. The molecule has 1 fully saturated rings. The highest BCUT2D eigenvalue weighted by Gasteiger charge is 2.25. The van der Waals surface area contributed by atoms with Gasteiger partial charge < -0.3 is 10.6 Å². The van der Waals surface area contributed by atoms with E-state index in [-0.39, 0.29) is 0 Å². The Hall–Kier alpha value is -0.0800. The molecule has 2 heteroatoms. The molecule has 0 amide bonds. The molecule has 2 unspecified atom stereocenters. The monoisotopic (exact) mass is 170 g/mol. The summed E-state index contributed by atoms with van der Waals surface area (Å²) in [4.78, 5) is 2.54. The third-order valence-corrected chi connectivity index (χ3v) is 2.93. The molecular formula is C10H22N2. The zero-order valence-corrected chi connectivity index (χ0v) is 8.42. The second-order valence-electron chi connectivity index (χ2n) is 3.92. The standard InChI is InChI=1S/C10H22N2/c1-3-6-12-7-5-9(8-12)10(11)4-2/h9-10H,3-8,11H2,1-2H3. The molecule has 0 aromatic rings. The molecule has 0 spiro atoms. The highest BCUT2D eigenvalue weighted by Crippen LogP contribution is 2.19. The molecule has 0 saturated carbocycles. The Morgan fingerprint density at radius 1 is 1.50 bits per heavy atom. The van der Waals surface area contributed by atoms with Crippen molar-refractivity contribution in [3.05, 3.63) is 0 Å². The largest absolute Gasteiger partial charge is 0.327 e. The van der Waals surface area contributed by atoms with Gasteiger partial charge in [0.25, 0.3) is 0 Å². The second-order valence-corrected chi connectivity index (χ2v) is 3.92. The summed E-state index contributed by atoms with van der Waals surface area (Å²) < 4.78 is 0. The van der Waals surface area contributed by atoms with Crippen LogP contribution in [0.15, 0.2) is 0 Å². The Labute approximate surface area is 76.1 Å². The maximum absolute atomic E-state index is 6.01. The van der Waals surface area contributed by atoms with Crippen molar-refractivity contribution in [1.29, 1.82) is 0 Å². The number of nitrogens with zero attached hydrogens (tertiary/aromatic N) is 1. The van der Waals surface area contributed by atoms with Crippen LogP contribution in [0.25, 0.3) is 0 Å². The van der Waals surface area contributed by atoms with Crippen LogP contribution in [0.3, 0.4) is 0 Å². The van der Waals surface area contributed by atoms with Crippen LogP contribution in [0.2, 0.25) is 0 Å². The van der Waals surface area contributed by atoms with Gasteiger partial charge in [-0.1, -0.05) is 13.8 Å². The van der Waals surface area contributed by atoms with Crippen molar-refractivity contribution in [3.8, 4) is 0 Å². The number of likely N-dealkylation sites (tertiary alicyclic amines) is 1. The zero-order chi connectivity index (χ0) is 8.97. The van der Waals surface area contributed by atoms with E-state index in [4.69, 9.17) is 5.73 Å². The van der Waals surface area contributed by atoms with Crippen LogP contribution < -0.4 is 5.73 Å². The molecule has 0 bridgehead atoms. The highest BCUT2D eigenvalue weighted by atomic mass is 15.1. The summed E-state index contributed by atoms with van der Waals surface area (Å²) in [5, 5.41) is 0. The molecule has 2 N–H and O–H groups in total. The summed E-state index contributed by atoms with van der Waals surface area (Å²) in [6.45, 7) is 8.20. The molecule has 0 radical (unpaired) electrons. The molecule has 72 valence electrons. The zero-order valence-electron chi connectivity index (χ0n) is 8.42. The van der Waals surface area contributed by atoms with E-state index in [1.807, 2.05) is 0 Å². The molecule has 12 heavy (non-hydrogen) atoms. The first kappa shape index (κ1) is 10.0. The van der Waals surface area contributed by atoms with E-state index in [0.717, 1.165) is 12.3 Å². The van der Waals surface area contributed by atoms with E-state index >= 15 is 0 Å². The molecule has 2 nitrogen and oxygen atoms in total. The Morgan fingerprint density at radius 3 is 2.83 bits per heavy atom. The van der Waals surface area contributed by atoms with Gasteiger partial charge in [0.1, 0.15) is 0 Å². The lowest BCUT2D eigenvalue weighted by Crippen LogP contribution is -2.32. The van der Waals surface area contributed by atoms with Crippen LogP contribution in [-0.4, -0.2) is 30.6 Å². The highest BCUT2D eigenvalue weighted by molar-refractivity contribution is 4.81. The fourth-order valence-corrected chi connectivity index (χ4v) is 2.06. The van der Waals surface area contributed by atoms with Gasteiger partial charge in [0.2, 0.25) is 0 Å². The van der Waals surface area contributed by atoms with Crippen LogP contribution in [0.4, 0.5) is 0 Å². The molecule has 2 atom stereocenters. The van der Waals surface area contributed by atoms with Gasteiger partial charge in [-0.25, -0.2) is 0 Å². The summed E-state index contributed by atoms with van der Waals surface area (Å²) in [6.07, 6.45) is 3.72. The maximum Gasteiger partial charge on any atom is 0.00772 e. The number of nitrogens with two attached hydrogens (primary N) is 1. The maximum atomic E-state index is 6.01. The van der Waals surface area contributed by atoms with Gasteiger partial charge in [0.05, 0.1) is 0 Å². The first-order chi connectivity index (χ1) is 5.77. The normalized spacial score (nSPS) is 27.8. The van der Waals surface area contributed by atoms with Crippen LogP contribution in [0.1, 0.15) is 33.1 Å². The van der Waals surface area contributed by atoms with Crippen molar-refractivity contribution in [2.24, 2.45) is 11.7 Å². The summed E-state index contributed by atoms with van der Waals surface area (Å²) in [7, 11) is 0. The van der Waals surface area contributed by atoms with E-state index in [2.05, 4.69) is 18.7 Å². The van der Waals surface area contributed by atoms with Crippen molar-refractivity contribution in [1.82, 2.24) is 4.90 Å². The lowest BCUT2D eigenvalue weighted by atomic mass is 9.98. The van der Waals surface area contributed by atoms with Crippen LogP contribution in [0, 0.1) is 5.92 Å². The summed E-state index contributed by atoms with van der Waals surface area (Å²) in [6, 6.07) is 0.437. The quantitative estimate of drug-likeness (QED) is 0.692. The Balaban J connectivity index is 2.25. The van der Waals surface area contributed by atoms with Crippen molar-refractivity contribution < 1.29 is 0 Å². The third-order valence-electron chi connectivity index (χ3n) is 2.93. The molecule has 1 saturated heterocycles. The van der Waals surface area contributed by atoms with E-state index < -0.39 is 0 Å². The van der Waals surface area contributed by atoms with Gasteiger partial charge >= 0.3 is 0 Å². The van der Waals surface area contributed by atoms with E-state index in [9.17, 15) is 0 Å². The van der Waals surface area contributed by atoms with Gasteiger partial charge in [-0.15, -0.1) is 0 Å². The van der Waals surface area contributed by atoms with Crippen LogP contribution >= 0.6 is 0 Å². The minimum Gasteiger partial charge on any atom is -0.327 e. The average molecular weight is 170 g/mol. The summed E-state index contributed by atoms with van der Waals surface area (Å²) in [5.41, 5.74) is 6.01. The molecule has 0 aliphatic carbocycles. The third kappa shape index (κ3) is 2.46. The molecule has 1 aliphatic heterocycles.